The Labute approximate surface area is 86.5 Å². The Kier molecular flexibility index (Phi) is 3.74. The van der Waals surface area contributed by atoms with Gasteiger partial charge in [0.2, 0.25) is 0 Å². The zero-order valence-corrected chi connectivity index (χ0v) is 8.38. The number of halogens is 3. The van der Waals surface area contributed by atoms with Crippen LogP contribution in [0.5, 0.6) is 0 Å². The van der Waals surface area contributed by atoms with Crippen molar-refractivity contribution in [1.82, 2.24) is 0 Å². The van der Waals surface area contributed by atoms with E-state index in [1.54, 1.807) is 19.1 Å². The number of aliphatic hydroxyl groups excluding tert-OH is 1. The number of aryl methyl sites for hydroxylation is 1. The van der Waals surface area contributed by atoms with Crippen LogP contribution in [0.25, 0.3) is 0 Å². The second-order valence-corrected chi connectivity index (χ2v) is 3.52. The van der Waals surface area contributed by atoms with E-state index in [-0.39, 0.29) is 12.0 Å². The first-order valence-corrected chi connectivity index (χ1v) is 4.69. The van der Waals surface area contributed by atoms with Crippen LogP contribution in [0.15, 0.2) is 24.3 Å². The largest absolute Gasteiger partial charge is 0.396 e. The summed E-state index contributed by atoms with van der Waals surface area (Å²) >= 11 is 0. The standard InChI is InChI=1S/C11H13F3O/c1-8-3-2-4-9(7-8)10(5-6-15)11(12,13)14/h2-4,7,10,15H,5-6H2,1H3. The third kappa shape index (κ3) is 3.23. The minimum atomic E-state index is -4.30. The normalized spacial score (nSPS) is 13.9. The molecule has 0 aliphatic heterocycles. The fourth-order valence-electron chi connectivity index (χ4n) is 1.54. The highest BCUT2D eigenvalue weighted by atomic mass is 19.4. The van der Waals surface area contributed by atoms with Crippen molar-refractivity contribution < 1.29 is 18.3 Å². The van der Waals surface area contributed by atoms with Gasteiger partial charge in [-0.05, 0) is 18.9 Å². The predicted octanol–water partition coefficient (Wildman–Crippen LogP) is 3.02. The number of benzene rings is 1. The van der Waals surface area contributed by atoms with Gasteiger partial charge in [-0.25, -0.2) is 0 Å². The third-order valence-corrected chi connectivity index (χ3v) is 2.26. The molecule has 0 bridgehead atoms. The SMILES string of the molecule is Cc1cccc(C(CCO)C(F)(F)F)c1. The second-order valence-electron chi connectivity index (χ2n) is 3.52. The van der Waals surface area contributed by atoms with Crippen molar-refractivity contribution in [3.05, 3.63) is 35.4 Å². The van der Waals surface area contributed by atoms with Crippen LogP contribution in [0.1, 0.15) is 23.5 Å². The molecule has 0 aliphatic rings. The van der Waals surface area contributed by atoms with Gasteiger partial charge in [-0.3, -0.25) is 0 Å². The van der Waals surface area contributed by atoms with Gasteiger partial charge in [-0.1, -0.05) is 29.8 Å². The summed E-state index contributed by atoms with van der Waals surface area (Å²) in [6, 6.07) is 6.30. The highest BCUT2D eigenvalue weighted by Crippen LogP contribution is 2.37. The van der Waals surface area contributed by atoms with Gasteiger partial charge in [-0.15, -0.1) is 0 Å². The van der Waals surface area contributed by atoms with Crippen LogP contribution >= 0.6 is 0 Å². The van der Waals surface area contributed by atoms with Gasteiger partial charge < -0.3 is 5.11 Å². The van der Waals surface area contributed by atoms with Crippen molar-refractivity contribution in [2.75, 3.05) is 6.61 Å². The molecule has 0 heterocycles. The number of rotatable bonds is 3. The summed E-state index contributed by atoms with van der Waals surface area (Å²) in [7, 11) is 0. The molecule has 84 valence electrons. The molecule has 1 aromatic rings. The van der Waals surface area contributed by atoms with E-state index < -0.39 is 18.7 Å². The minimum Gasteiger partial charge on any atom is -0.396 e. The zero-order chi connectivity index (χ0) is 11.5. The zero-order valence-electron chi connectivity index (χ0n) is 8.38. The van der Waals surface area contributed by atoms with Gasteiger partial charge in [0, 0.05) is 6.61 Å². The summed E-state index contributed by atoms with van der Waals surface area (Å²) < 4.78 is 37.8. The number of aliphatic hydroxyl groups is 1. The van der Waals surface area contributed by atoms with Crippen LogP contribution in [-0.2, 0) is 0 Å². The van der Waals surface area contributed by atoms with Gasteiger partial charge in [0.25, 0.3) is 0 Å². The molecule has 0 amide bonds. The Hall–Kier alpha value is -1.03. The molecule has 0 saturated carbocycles. The second kappa shape index (κ2) is 4.66. The topological polar surface area (TPSA) is 20.2 Å². The van der Waals surface area contributed by atoms with Crippen molar-refractivity contribution >= 4 is 0 Å². The van der Waals surface area contributed by atoms with E-state index in [1.807, 2.05) is 0 Å². The highest BCUT2D eigenvalue weighted by Gasteiger charge is 2.39. The lowest BCUT2D eigenvalue weighted by atomic mass is 9.94. The molecular weight excluding hydrogens is 205 g/mol. The Bertz CT molecular complexity index is 320. The Morgan fingerprint density at radius 1 is 1.33 bits per heavy atom. The molecule has 1 aromatic carbocycles. The molecule has 0 radical (unpaired) electrons. The Morgan fingerprint density at radius 3 is 2.47 bits per heavy atom. The van der Waals surface area contributed by atoms with Gasteiger partial charge >= 0.3 is 6.18 Å². The van der Waals surface area contributed by atoms with Crippen molar-refractivity contribution in [2.24, 2.45) is 0 Å². The summed E-state index contributed by atoms with van der Waals surface area (Å²) in [6.45, 7) is 1.29. The van der Waals surface area contributed by atoms with E-state index in [1.165, 1.54) is 12.1 Å². The predicted molar refractivity (Wildman–Crippen MR) is 51.7 cm³/mol. The lowest BCUT2D eigenvalue weighted by Crippen LogP contribution is -2.22. The molecule has 15 heavy (non-hydrogen) atoms. The molecule has 0 aromatic heterocycles. The van der Waals surface area contributed by atoms with Gasteiger partial charge in [0.15, 0.2) is 0 Å². The quantitative estimate of drug-likeness (QED) is 0.826. The number of hydrogen-bond donors (Lipinski definition) is 1. The van der Waals surface area contributed by atoms with E-state index in [4.69, 9.17) is 5.11 Å². The van der Waals surface area contributed by atoms with Crippen LogP contribution in [0.3, 0.4) is 0 Å². The fourth-order valence-corrected chi connectivity index (χ4v) is 1.54. The minimum absolute atomic E-state index is 0.219. The molecule has 1 N–H and O–H groups in total. The average Bonchev–Trinajstić information content (AvgIpc) is 2.12. The first-order valence-electron chi connectivity index (χ1n) is 4.69. The summed E-state index contributed by atoms with van der Waals surface area (Å²) in [5, 5.41) is 8.63. The molecule has 0 spiro atoms. The van der Waals surface area contributed by atoms with Gasteiger partial charge in [0.1, 0.15) is 0 Å². The number of hydrogen-bond acceptors (Lipinski definition) is 1. The van der Waals surface area contributed by atoms with E-state index in [2.05, 4.69) is 0 Å². The summed E-state index contributed by atoms with van der Waals surface area (Å²) in [4.78, 5) is 0. The monoisotopic (exact) mass is 218 g/mol. The lowest BCUT2D eigenvalue weighted by molar-refractivity contribution is -0.153. The smallest absolute Gasteiger partial charge is 0.395 e. The molecule has 0 aliphatic carbocycles. The molecule has 0 fully saturated rings. The van der Waals surface area contributed by atoms with Gasteiger partial charge in [0.05, 0.1) is 5.92 Å². The molecule has 1 nitrogen and oxygen atoms in total. The first-order chi connectivity index (χ1) is 6.95. The molecule has 1 unspecified atom stereocenters. The van der Waals surface area contributed by atoms with Crippen molar-refractivity contribution in [1.29, 1.82) is 0 Å². The van der Waals surface area contributed by atoms with Gasteiger partial charge in [-0.2, -0.15) is 13.2 Å². The lowest BCUT2D eigenvalue weighted by Gasteiger charge is -2.20. The maximum Gasteiger partial charge on any atom is 0.395 e. The Balaban J connectivity index is 2.99. The van der Waals surface area contributed by atoms with Crippen molar-refractivity contribution in [2.45, 2.75) is 25.4 Å². The van der Waals surface area contributed by atoms with E-state index in [0.717, 1.165) is 5.56 Å². The number of alkyl halides is 3. The van der Waals surface area contributed by atoms with Crippen LogP contribution in [0, 0.1) is 6.92 Å². The molecular formula is C11H13F3O. The van der Waals surface area contributed by atoms with Crippen LogP contribution in [0.2, 0.25) is 0 Å². The first kappa shape index (κ1) is 12.0. The molecule has 1 rings (SSSR count). The van der Waals surface area contributed by atoms with Crippen LogP contribution in [-0.4, -0.2) is 17.9 Å². The molecule has 4 heteroatoms. The fraction of sp³-hybridized carbons (Fsp3) is 0.455. The summed E-state index contributed by atoms with van der Waals surface area (Å²) in [5.41, 5.74) is 1.01. The van der Waals surface area contributed by atoms with E-state index >= 15 is 0 Å². The van der Waals surface area contributed by atoms with E-state index in [0.29, 0.717) is 0 Å². The van der Waals surface area contributed by atoms with Crippen LogP contribution in [0.4, 0.5) is 13.2 Å². The average molecular weight is 218 g/mol. The highest BCUT2D eigenvalue weighted by molar-refractivity contribution is 5.26. The molecule has 1 atom stereocenters. The summed E-state index contributed by atoms with van der Waals surface area (Å²) in [6.07, 6.45) is -4.58. The third-order valence-electron chi connectivity index (χ3n) is 2.26. The van der Waals surface area contributed by atoms with Crippen molar-refractivity contribution in [3.63, 3.8) is 0 Å². The van der Waals surface area contributed by atoms with E-state index in [9.17, 15) is 13.2 Å². The van der Waals surface area contributed by atoms with Crippen LogP contribution < -0.4 is 0 Å². The maximum atomic E-state index is 12.6. The molecule has 0 saturated heterocycles. The Morgan fingerprint density at radius 2 is 2.00 bits per heavy atom. The maximum absolute atomic E-state index is 12.6. The summed E-state index contributed by atoms with van der Waals surface area (Å²) in [5.74, 6) is -1.57. The van der Waals surface area contributed by atoms with Crippen molar-refractivity contribution in [3.8, 4) is 0 Å².